The summed E-state index contributed by atoms with van der Waals surface area (Å²) >= 11 is 0. The molecule has 0 saturated heterocycles. The van der Waals surface area contributed by atoms with Crippen LogP contribution in [0.1, 0.15) is 24.0 Å². The fourth-order valence-corrected chi connectivity index (χ4v) is 1.38. The van der Waals surface area contributed by atoms with Crippen molar-refractivity contribution in [3.8, 4) is 6.07 Å². The number of para-hydroxylation sites is 1. The predicted octanol–water partition coefficient (Wildman–Crippen LogP) is 2.44. The van der Waals surface area contributed by atoms with Crippen LogP contribution in [0.2, 0.25) is 0 Å². The largest absolute Gasteiger partial charge is 0.381 e. The van der Waals surface area contributed by atoms with E-state index >= 15 is 0 Å². The molecule has 1 aliphatic rings. The Balaban J connectivity index is 2.34. The maximum absolute atomic E-state index is 8.89. The zero-order valence-electron chi connectivity index (χ0n) is 7.67. The molecule has 0 atom stereocenters. The van der Waals surface area contributed by atoms with Crippen LogP contribution in [0.15, 0.2) is 18.2 Å². The van der Waals surface area contributed by atoms with Gasteiger partial charge < -0.3 is 5.32 Å². The average Bonchev–Trinajstić information content (AvgIpc) is 2.92. The first kappa shape index (κ1) is 8.12. The maximum Gasteiger partial charge on any atom is 0.101 e. The van der Waals surface area contributed by atoms with E-state index in [-0.39, 0.29) is 0 Å². The van der Waals surface area contributed by atoms with Gasteiger partial charge >= 0.3 is 0 Å². The summed E-state index contributed by atoms with van der Waals surface area (Å²) in [5, 5.41) is 12.3. The summed E-state index contributed by atoms with van der Waals surface area (Å²) in [5.74, 6) is 0. The molecule has 0 aromatic heterocycles. The van der Waals surface area contributed by atoms with Gasteiger partial charge in [0.15, 0.2) is 0 Å². The molecule has 0 spiro atoms. The summed E-state index contributed by atoms with van der Waals surface area (Å²) in [5.41, 5.74) is 2.94. The number of rotatable bonds is 2. The molecule has 1 N–H and O–H groups in total. The topological polar surface area (TPSA) is 35.8 Å². The van der Waals surface area contributed by atoms with E-state index in [2.05, 4.69) is 11.4 Å². The molecule has 1 saturated carbocycles. The normalized spacial score (nSPS) is 15.1. The van der Waals surface area contributed by atoms with Crippen LogP contribution in [-0.4, -0.2) is 6.04 Å². The average molecular weight is 172 g/mol. The van der Waals surface area contributed by atoms with Crippen molar-refractivity contribution in [2.45, 2.75) is 25.8 Å². The molecule has 1 aromatic carbocycles. The quantitative estimate of drug-likeness (QED) is 0.743. The van der Waals surface area contributed by atoms with Crippen LogP contribution in [-0.2, 0) is 0 Å². The Morgan fingerprint density at radius 1 is 1.46 bits per heavy atom. The smallest absolute Gasteiger partial charge is 0.101 e. The second-order valence-electron chi connectivity index (χ2n) is 3.53. The summed E-state index contributed by atoms with van der Waals surface area (Å²) < 4.78 is 0. The minimum atomic E-state index is 0.605. The third-order valence-electron chi connectivity index (χ3n) is 2.32. The van der Waals surface area contributed by atoms with Gasteiger partial charge in [-0.25, -0.2) is 0 Å². The maximum atomic E-state index is 8.89. The van der Waals surface area contributed by atoms with Crippen LogP contribution >= 0.6 is 0 Å². The van der Waals surface area contributed by atoms with Crippen molar-refractivity contribution in [2.75, 3.05) is 5.32 Å². The van der Waals surface area contributed by atoms with Crippen molar-refractivity contribution in [3.05, 3.63) is 29.3 Å². The molecule has 1 aliphatic carbocycles. The molecule has 66 valence electrons. The molecule has 2 heteroatoms. The summed E-state index contributed by atoms with van der Waals surface area (Å²) in [6, 6.07) is 8.63. The van der Waals surface area contributed by atoms with E-state index in [1.807, 2.05) is 25.1 Å². The van der Waals surface area contributed by atoms with Gasteiger partial charge in [-0.05, 0) is 31.4 Å². The number of anilines is 1. The third kappa shape index (κ3) is 1.65. The molecule has 2 rings (SSSR count). The van der Waals surface area contributed by atoms with Gasteiger partial charge in [-0.2, -0.15) is 5.26 Å². The van der Waals surface area contributed by atoms with Gasteiger partial charge in [0.25, 0.3) is 0 Å². The van der Waals surface area contributed by atoms with Crippen LogP contribution in [0.25, 0.3) is 0 Å². The first-order chi connectivity index (χ1) is 6.31. The number of aryl methyl sites for hydroxylation is 1. The highest BCUT2D eigenvalue weighted by molar-refractivity contribution is 5.63. The monoisotopic (exact) mass is 172 g/mol. The van der Waals surface area contributed by atoms with Crippen LogP contribution < -0.4 is 5.32 Å². The van der Waals surface area contributed by atoms with E-state index in [4.69, 9.17) is 5.26 Å². The Labute approximate surface area is 78.2 Å². The van der Waals surface area contributed by atoms with Gasteiger partial charge in [0.05, 0.1) is 11.3 Å². The number of benzene rings is 1. The second kappa shape index (κ2) is 3.10. The minimum absolute atomic E-state index is 0.605. The molecule has 0 bridgehead atoms. The summed E-state index contributed by atoms with van der Waals surface area (Å²) in [6.45, 7) is 2.03. The molecule has 2 nitrogen and oxygen atoms in total. The number of hydrogen-bond donors (Lipinski definition) is 1. The summed E-state index contributed by atoms with van der Waals surface area (Å²) in [4.78, 5) is 0. The minimum Gasteiger partial charge on any atom is -0.381 e. The lowest BCUT2D eigenvalue weighted by molar-refractivity contribution is 1.14. The van der Waals surface area contributed by atoms with Gasteiger partial charge in [-0.3, -0.25) is 0 Å². The van der Waals surface area contributed by atoms with Crippen LogP contribution in [0.4, 0.5) is 5.69 Å². The molecular weight excluding hydrogens is 160 g/mol. The van der Waals surface area contributed by atoms with Crippen molar-refractivity contribution < 1.29 is 0 Å². The van der Waals surface area contributed by atoms with Crippen molar-refractivity contribution in [1.29, 1.82) is 5.26 Å². The van der Waals surface area contributed by atoms with E-state index in [1.54, 1.807) is 0 Å². The van der Waals surface area contributed by atoms with E-state index in [0.29, 0.717) is 6.04 Å². The Bertz CT molecular complexity index is 359. The van der Waals surface area contributed by atoms with Gasteiger partial charge in [0.1, 0.15) is 6.07 Å². The van der Waals surface area contributed by atoms with Crippen LogP contribution in [0, 0.1) is 18.3 Å². The highest BCUT2D eigenvalue weighted by Crippen LogP contribution is 2.28. The Morgan fingerprint density at radius 2 is 2.23 bits per heavy atom. The highest BCUT2D eigenvalue weighted by Gasteiger charge is 2.22. The lowest BCUT2D eigenvalue weighted by Gasteiger charge is -2.09. The SMILES string of the molecule is Cc1cccc(C#N)c1NC1CC1. The van der Waals surface area contributed by atoms with Crippen molar-refractivity contribution >= 4 is 5.69 Å². The van der Waals surface area contributed by atoms with Gasteiger partial charge in [-0.1, -0.05) is 12.1 Å². The predicted molar refractivity (Wildman–Crippen MR) is 52.5 cm³/mol. The van der Waals surface area contributed by atoms with Crippen LogP contribution in [0.5, 0.6) is 0 Å². The Kier molecular flexibility index (Phi) is 1.94. The molecule has 0 amide bonds. The molecule has 0 radical (unpaired) electrons. The van der Waals surface area contributed by atoms with Gasteiger partial charge in [-0.15, -0.1) is 0 Å². The van der Waals surface area contributed by atoms with Crippen molar-refractivity contribution in [3.63, 3.8) is 0 Å². The first-order valence-corrected chi connectivity index (χ1v) is 4.57. The van der Waals surface area contributed by atoms with Crippen molar-refractivity contribution in [1.82, 2.24) is 0 Å². The molecule has 1 aromatic rings. The third-order valence-corrected chi connectivity index (χ3v) is 2.32. The Morgan fingerprint density at radius 3 is 2.85 bits per heavy atom. The molecule has 13 heavy (non-hydrogen) atoms. The first-order valence-electron chi connectivity index (χ1n) is 4.57. The number of nitriles is 1. The molecule has 0 heterocycles. The lowest BCUT2D eigenvalue weighted by atomic mass is 10.1. The number of hydrogen-bond acceptors (Lipinski definition) is 2. The zero-order valence-corrected chi connectivity index (χ0v) is 7.67. The number of nitrogens with one attached hydrogen (secondary N) is 1. The van der Waals surface area contributed by atoms with E-state index < -0.39 is 0 Å². The zero-order chi connectivity index (χ0) is 9.26. The fraction of sp³-hybridized carbons (Fsp3) is 0.364. The molecule has 0 aliphatic heterocycles. The number of nitrogens with zero attached hydrogens (tertiary/aromatic N) is 1. The van der Waals surface area contributed by atoms with E-state index in [9.17, 15) is 0 Å². The van der Waals surface area contributed by atoms with Gasteiger partial charge in [0.2, 0.25) is 0 Å². The van der Waals surface area contributed by atoms with E-state index in [0.717, 1.165) is 16.8 Å². The molecule has 0 unspecified atom stereocenters. The van der Waals surface area contributed by atoms with Gasteiger partial charge in [0, 0.05) is 6.04 Å². The van der Waals surface area contributed by atoms with Crippen LogP contribution in [0.3, 0.4) is 0 Å². The second-order valence-corrected chi connectivity index (χ2v) is 3.53. The summed E-state index contributed by atoms with van der Waals surface area (Å²) in [7, 11) is 0. The standard InChI is InChI=1S/C11H12N2/c1-8-3-2-4-9(7-12)11(8)13-10-5-6-10/h2-4,10,13H,5-6H2,1H3. The highest BCUT2D eigenvalue weighted by atomic mass is 15.0. The Hall–Kier alpha value is -1.49. The molecular formula is C11H12N2. The summed E-state index contributed by atoms with van der Waals surface area (Å²) in [6.07, 6.45) is 2.47. The van der Waals surface area contributed by atoms with E-state index in [1.165, 1.54) is 12.8 Å². The fourth-order valence-electron chi connectivity index (χ4n) is 1.38. The molecule has 1 fully saturated rings. The lowest BCUT2D eigenvalue weighted by Crippen LogP contribution is -2.04. The van der Waals surface area contributed by atoms with Crippen molar-refractivity contribution in [2.24, 2.45) is 0 Å².